The van der Waals surface area contributed by atoms with E-state index < -0.39 is 0 Å². The summed E-state index contributed by atoms with van der Waals surface area (Å²) < 4.78 is 4.94. The maximum Gasteiger partial charge on any atom is 0.204 e. The Morgan fingerprint density at radius 1 is 1.55 bits per heavy atom. The van der Waals surface area contributed by atoms with Crippen molar-refractivity contribution in [3.05, 3.63) is 0 Å². The van der Waals surface area contributed by atoms with Gasteiger partial charge in [-0.1, -0.05) is 6.92 Å². The van der Waals surface area contributed by atoms with Crippen LogP contribution in [0.25, 0.3) is 0 Å². The van der Waals surface area contributed by atoms with Crippen LogP contribution < -0.4 is 5.73 Å². The molecular formula is C7H16ClNO2. The molecule has 1 rings (SSSR count). The van der Waals surface area contributed by atoms with E-state index in [4.69, 9.17) is 21.1 Å². The minimum atomic E-state index is 0.250. The Morgan fingerprint density at radius 2 is 1.82 bits per heavy atom. The second kappa shape index (κ2) is 16.4. The predicted octanol–water partition coefficient (Wildman–Crippen LogP) is 1.14. The molecule has 1 saturated heterocycles. The third kappa shape index (κ3) is 26.0. The molecular weight excluding hydrogens is 166 g/mol. The van der Waals surface area contributed by atoms with Crippen molar-refractivity contribution in [2.45, 2.75) is 19.8 Å². The van der Waals surface area contributed by atoms with E-state index >= 15 is 0 Å². The van der Waals surface area contributed by atoms with Crippen molar-refractivity contribution in [2.75, 3.05) is 19.1 Å². The van der Waals surface area contributed by atoms with E-state index in [0.717, 1.165) is 19.1 Å². The number of ether oxygens (including phenoxy) is 1. The fourth-order valence-corrected chi connectivity index (χ4v) is 0.510. The van der Waals surface area contributed by atoms with Crippen molar-refractivity contribution in [3.63, 3.8) is 0 Å². The van der Waals surface area contributed by atoms with Gasteiger partial charge in [-0.2, -0.15) is 0 Å². The number of carbonyl (C=O) groups is 1. The second-order valence-corrected chi connectivity index (χ2v) is 2.26. The normalized spacial score (nSPS) is 13.6. The molecule has 2 N–H and O–H groups in total. The van der Waals surface area contributed by atoms with Gasteiger partial charge in [0.05, 0.1) is 0 Å². The van der Waals surface area contributed by atoms with Gasteiger partial charge in [0.25, 0.3) is 0 Å². The van der Waals surface area contributed by atoms with Crippen molar-refractivity contribution in [2.24, 2.45) is 5.73 Å². The van der Waals surface area contributed by atoms with Crippen LogP contribution in [0.5, 0.6) is 0 Å². The van der Waals surface area contributed by atoms with E-state index in [0.29, 0.717) is 0 Å². The highest BCUT2D eigenvalue weighted by atomic mass is 35.5. The third-order valence-electron chi connectivity index (χ3n) is 0.827. The van der Waals surface area contributed by atoms with Gasteiger partial charge < -0.3 is 10.5 Å². The van der Waals surface area contributed by atoms with Crippen LogP contribution in [0.4, 0.5) is 0 Å². The first-order valence-electron chi connectivity index (χ1n) is 3.62. The zero-order valence-electron chi connectivity index (χ0n) is 6.88. The van der Waals surface area contributed by atoms with Crippen LogP contribution in [-0.4, -0.2) is 25.5 Å². The third-order valence-corrected chi connectivity index (χ3v) is 0.827. The molecule has 1 heterocycles. The number of hydrogen-bond donors (Lipinski definition) is 1. The molecule has 0 spiro atoms. The van der Waals surface area contributed by atoms with Crippen molar-refractivity contribution in [3.8, 4) is 0 Å². The Morgan fingerprint density at radius 3 is 1.91 bits per heavy atom. The maximum absolute atomic E-state index is 8.58. The zero-order valence-corrected chi connectivity index (χ0v) is 7.64. The molecule has 68 valence electrons. The maximum atomic E-state index is 8.58. The van der Waals surface area contributed by atoms with E-state index in [9.17, 15) is 0 Å². The number of alkyl halides is 1. The topological polar surface area (TPSA) is 52.3 Å². The highest BCUT2D eigenvalue weighted by Gasteiger charge is 1.94. The Hall–Kier alpha value is -0.280. The van der Waals surface area contributed by atoms with Gasteiger partial charge in [-0.15, -0.1) is 11.6 Å². The van der Waals surface area contributed by atoms with Crippen LogP contribution in [0, 0.1) is 0 Å². The Kier molecular flexibility index (Phi) is 19.8. The van der Waals surface area contributed by atoms with E-state index in [1.165, 1.54) is 12.8 Å². The van der Waals surface area contributed by atoms with Gasteiger partial charge in [0.15, 0.2) is 0 Å². The molecule has 11 heavy (non-hydrogen) atoms. The lowest BCUT2D eigenvalue weighted by Gasteiger charge is -1.76. The number of rotatable bonds is 0. The first-order valence-corrected chi connectivity index (χ1v) is 4.16. The molecule has 0 aromatic rings. The molecule has 3 nitrogen and oxygen atoms in total. The fraction of sp³-hybridized carbons (Fsp3) is 0.857. The van der Waals surface area contributed by atoms with Gasteiger partial charge in [-0.25, -0.2) is 0 Å². The minimum absolute atomic E-state index is 0.250. The summed E-state index contributed by atoms with van der Waals surface area (Å²) in [4.78, 5) is 8.58. The van der Waals surface area contributed by atoms with Gasteiger partial charge in [-0.3, -0.25) is 4.79 Å². The Balaban J connectivity index is 0. The van der Waals surface area contributed by atoms with E-state index in [2.05, 4.69) is 5.73 Å². The second-order valence-electron chi connectivity index (χ2n) is 1.72. The summed E-state index contributed by atoms with van der Waals surface area (Å²) in [6.45, 7) is 3.89. The van der Waals surface area contributed by atoms with Gasteiger partial charge in [0, 0.05) is 19.1 Å². The molecule has 1 fully saturated rings. The number of carbonyl (C=O) groups excluding carboxylic acids is 1. The summed E-state index contributed by atoms with van der Waals surface area (Å²) in [5.41, 5.74) is 4.17. The molecule has 1 amide bonds. The van der Waals surface area contributed by atoms with E-state index in [1.54, 1.807) is 0 Å². The van der Waals surface area contributed by atoms with Crippen LogP contribution in [0.1, 0.15) is 19.8 Å². The average Bonchev–Trinajstić information content (AvgIpc) is 2.44. The summed E-state index contributed by atoms with van der Waals surface area (Å²) in [6.07, 6.45) is 2.81. The number of primary amides is 1. The van der Waals surface area contributed by atoms with Crippen LogP contribution in [0.2, 0.25) is 0 Å². The molecule has 1 aliphatic heterocycles. The predicted molar refractivity (Wildman–Crippen MR) is 46.7 cm³/mol. The molecule has 0 bridgehead atoms. The highest BCUT2D eigenvalue weighted by molar-refractivity contribution is 6.17. The minimum Gasteiger partial charge on any atom is -0.381 e. The molecule has 0 aromatic heterocycles. The molecule has 0 unspecified atom stereocenters. The van der Waals surface area contributed by atoms with Crippen molar-refractivity contribution >= 4 is 18.0 Å². The largest absolute Gasteiger partial charge is 0.381 e. The van der Waals surface area contributed by atoms with Crippen LogP contribution in [0.15, 0.2) is 0 Å². The lowest BCUT2D eigenvalue weighted by molar-refractivity contribution is -0.106. The summed E-state index contributed by atoms with van der Waals surface area (Å²) in [6, 6.07) is 0. The summed E-state index contributed by atoms with van der Waals surface area (Å²) in [7, 11) is 0. The number of nitrogens with two attached hydrogens (primary N) is 1. The van der Waals surface area contributed by atoms with Gasteiger partial charge in [-0.05, 0) is 12.8 Å². The van der Waals surface area contributed by atoms with E-state index in [1.807, 2.05) is 6.92 Å². The van der Waals surface area contributed by atoms with Crippen molar-refractivity contribution < 1.29 is 9.53 Å². The first kappa shape index (κ1) is 13.3. The number of halogens is 1. The highest BCUT2D eigenvalue weighted by Crippen LogP contribution is 1.98. The fourth-order valence-electron chi connectivity index (χ4n) is 0.510. The molecule has 0 saturated carbocycles. The lowest BCUT2D eigenvalue weighted by atomic mass is 10.4. The average molecular weight is 182 g/mol. The zero-order chi connectivity index (χ0) is 8.95. The smallest absolute Gasteiger partial charge is 0.204 e. The number of amides is 1. The standard InChI is InChI=1S/C4H8O.C2H5Cl.CH3NO/c1-2-4-5-3-1;1-2-3;2-1-3/h1-4H2;2H2,1H3;1H,(H2,2,3). The van der Waals surface area contributed by atoms with Crippen molar-refractivity contribution in [1.82, 2.24) is 0 Å². The van der Waals surface area contributed by atoms with Crippen LogP contribution in [0.3, 0.4) is 0 Å². The number of hydrogen-bond acceptors (Lipinski definition) is 2. The molecule has 0 aliphatic carbocycles. The van der Waals surface area contributed by atoms with Gasteiger partial charge in [0.1, 0.15) is 0 Å². The lowest BCUT2D eigenvalue weighted by Crippen LogP contribution is -1.82. The Labute approximate surface area is 72.9 Å². The van der Waals surface area contributed by atoms with E-state index in [-0.39, 0.29) is 6.41 Å². The quantitative estimate of drug-likeness (QED) is 0.450. The monoisotopic (exact) mass is 181 g/mol. The molecule has 1 aliphatic rings. The molecule has 0 atom stereocenters. The summed E-state index contributed by atoms with van der Waals surface area (Å²) in [5, 5.41) is 0. The van der Waals surface area contributed by atoms with Crippen LogP contribution >= 0.6 is 11.6 Å². The molecule has 0 aromatic carbocycles. The Bertz CT molecular complexity index is 59.9. The van der Waals surface area contributed by atoms with Crippen LogP contribution in [-0.2, 0) is 9.53 Å². The van der Waals surface area contributed by atoms with Crippen molar-refractivity contribution in [1.29, 1.82) is 0 Å². The van der Waals surface area contributed by atoms with Gasteiger partial charge >= 0.3 is 0 Å². The summed E-state index contributed by atoms with van der Waals surface area (Å²) >= 11 is 5.00. The summed E-state index contributed by atoms with van der Waals surface area (Å²) in [5.74, 6) is 0.722. The SMILES string of the molecule is C1CCOC1.CCCl.NC=O. The van der Waals surface area contributed by atoms with Gasteiger partial charge in [0.2, 0.25) is 6.41 Å². The molecule has 0 radical (unpaired) electrons. The first-order chi connectivity index (χ1) is 5.33. The molecule has 4 heteroatoms.